The predicted molar refractivity (Wildman–Crippen MR) is 84.7 cm³/mol. The second kappa shape index (κ2) is 7.61. The van der Waals surface area contributed by atoms with Gasteiger partial charge in [0.1, 0.15) is 0 Å². The lowest BCUT2D eigenvalue weighted by atomic mass is 9.81. The highest BCUT2D eigenvalue weighted by atomic mass is 15.3. The van der Waals surface area contributed by atoms with Crippen molar-refractivity contribution in [2.75, 3.05) is 39.8 Å². The van der Waals surface area contributed by atoms with Crippen LogP contribution in [0.5, 0.6) is 0 Å². The van der Waals surface area contributed by atoms with E-state index in [9.17, 15) is 0 Å². The molecule has 3 nitrogen and oxygen atoms in total. The van der Waals surface area contributed by atoms with Crippen molar-refractivity contribution in [3.63, 3.8) is 0 Å². The van der Waals surface area contributed by atoms with Gasteiger partial charge in [-0.1, -0.05) is 27.7 Å². The van der Waals surface area contributed by atoms with Crippen LogP contribution in [0.1, 0.15) is 47.5 Å². The first-order valence-electron chi connectivity index (χ1n) is 8.08. The van der Waals surface area contributed by atoms with Crippen molar-refractivity contribution in [3.05, 3.63) is 0 Å². The summed E-state index contributed by atoms with van der Waals surface area (Å²) in [6.45, 7) is 17.6. The first kappa shape index (κ1) is 16.9. The quantitative estimate of drug-likeness (QED) is 0.766. The van der Waals surface area contributed by atoms with Gasteiger partial charge in [0.2, 0.25) is 0 Å². The molecule has 1 unspecified atom stereocenters. The molecule has 1 aliphatic rings. The van der Waals surface area contributed by atoms with Crippen LogP contribution in [-0.4, -0.2) is 61.7 Å². The van der Waals surface area contributed by atoms with Crippen LogP contribution >= 0.6 is 0 Å². The second-order valence-electron chi connectivity index (χ2n) is 6.81. The van der Waals surface area contributed by atoms with Crippen LogP contribution in [-0.2, 0) is 0 Å². The molecule has 0 saturated carbocycles. The molecule has 3 heteroatoms. The lowest BCUT2D eigenvalue weighted by molar-refractivity contribution is 0.0590. The Kier molecular flexibility index (Phi) is 6.78. The molecule has 0 aromatic heterocycles. The smallest absolute Gasteiger partial charge is 0.0192 e. The minimum absolute atomic E-state index is 0.444. The van der Waals surface area contributed by atoms with Crippen LogP contribution in [0.25, 0.3) is 0 Å². The monoisotopic (exact) mass is 269 g/mol. The van der Waals surface area contributed by atoms with Gasteiger partial charge in [-0.3, -0.25) is 4.90 Å². The summed E-state index contributed by atoms with van der Waals surface area (Å²) in [5, 5.41) is 3.66. The first-order chi connectivity index (χ1) is 8.92. The summed E-state index contributed by atoms with van der Waals surface area (Å²) < 4.78 is 0. The molecule has 1 aliphatic heterocycles. The molecule has 1 fully saturated rings. The van der Waals surface area contributed by atoms with Crippen LogP contribution < -0.4 is 5.32 Å². The molecule has 0 bridgehead atoms. The summed E-state index contributed by atoms with van der Waals surface area (Å²) in [7, 11) is 2.25. The van der Waals surface area contributed by atoms with Gasteiger partial charge in [-0.25, -0.2) is 0 Å². The summed E-state index contributed by atoms with van der Waals surface area (Å²) >= 11 is 0. The van der Waals surface area contributed by atoms with Gasteiger partial charge in [0, 0.05) is 44.8 Å². The number of nitrogens with one attached hydrogen (secondary N) is 1. The van der Waals surface area contributed by atoms with E-state index >= 15 is 0 Å². The molecule has 0 aliphatic carbocycles. The minimum Gasteiger partial charge on any atom is -0.314 e. The Bertz CT molecular complexity index is 248. The zero-order valence-corrected chi connectivity index (χ0v) is 14.0. The maximum absolute atomic E-state index is 3.66. The maximum atomic E-state index is 3.66. The Morgan fingerprint density at radius 2 is 1.84 bits per heavy atom. The molecule has 1 N–H and O–H groups in total. The van der Waals surface area contributed by atoms with E-state index in [4.69, 9.17) is 0 Å². The zero-order chi connectivity index (χ0) is 14.5. The SMILES string of the molecule is CCC(CC)(CNC(C)C)CN1CCN(C)C(C)C1. The van der Waals surface area contributed by atoms with Gasteiger partial charge in [-0.05, 0) is 32.2 Å². The fourth-order valence-electron chi connectivity index (χ4n) is 2.94. The fraction of sp³-hybridized carbons (Fsp3) is 1.00. The molecule has 0 radical (unpaired) electrons. The minimum atomic E-state index is 0.444. The van der Waals surface area contributed by atoms with Crippen molar-refractivity contribution in [2.24, 2.45) is 5.41 Å². The molecule has 0 spiro atoms. The van der Waals surface area contributed by atoms with Crippen molar-refractivity contribution < 1.29 is 0 Å². The fourth-order valence-corrected chi connectivity index (χ4v) is 2.94. The highest BCUT2D eigenvalue weighted by Crippen LogP contribution is 2.28. The van der Waals surface area contributed by atoms with Crippen LogP contribution in [0.2, 0.25) is 0 Å². The van der Waals surface area contributed by atoms with Crippen LogP contribution in [0, 0.1) is 5.41 Å². The Labute approximate surface area is 120 Å². The number of rotatable bonds is 7. The van der Waals surface area contributed by atoms with Gasteiger partial charge in [0.15, 0.2) is 0 Å². The van der Waals surface area contributed by atoms with E-state index in [0.29, 0.717) is 17.5 Å². The molecular formula is C16H35N3. The molecule has 0 aromatic rings. The van der Waals surface area contributed by atoms with Gasteiger partial charge in [-0.15, -0.1) is 0 Å². The molecule has 1 heterocycles. The summed E-state index contributed by atoms with van der Waals surface area (Å²) in [5.74, 6) is 0. The topological polar surface area (TPSA) is 18.5 Å². The zero-order valence-electron chi connectivity index (χ0n) is 14.0. The van der Waals surface area contributed by atoms with Crippen molar-refractivity contribution >= 4 is 0 Å². The van der Waals surface area contributed by atoms with Crippen molar-refractivity contribution in [1.29, 1.82) is 0 Å². The summed E-state index contributed by atoms with van der Waals surface area (Å²) in [4.78, 5) is 5.15. The van der Waals surface area contributed by atoms with Crippen molar-refractivity contribution in [2.45, 2.75) is 59.5 Å². The molecule has 114 valence electrons. The van der Waals surface area contributed by atoms with Crippen LogP contribution in [0.4, 0.5) is 0 Å². The third-order valence-electron chi connectivity index (χ3n) is 4.99. The summed E-state index contributed by atoms with van der Waals surface area (Å²) in [6, 6.07) is 1.28. The first-order valence-corrected chi connectivity index (χ1v) is 8.08. The molecular weight excluding hydrogens is 234 g/mol. The number of hydrogen-bond donors (Lipinski definition) is 1. The highest BCUT2D eigenvalue weighted by Gasteiger charge is 2.31. The molecule has 19 heavy (non-hydrogen) atoms. The van der Waals surface area contributed by atoms with E-state index in [0.717, 1.165) is 6.54 Å². The summed E-state index contributed by atoms with van der Waals surface area (Å²) in [5.41, 5.74) is 0.444. The normalized spacial score (nSPS) is 23.2. The van der Waals surface area contributed by atoms with Crippen molar-refractivity contribution in [1.82, 2.24) is 15.1 Å². The number of hydrogen-bond acceptors (Lipinski definition) is 3. The van der Waals surface area contributed by atoms with E-state index in [1.54, 1.807) is 0 Å². The van der Waals surface area contributed by atoms with E-state index in [1.807, 2.05) is 0 Å². The van der Waals surface area contributed by atoms with E-state index in [2.05, 4.69) is 56.8 Å². The van der Waals surface area contributed by atoms with Crippen LogP contribution in [0.3, 0.4) is 0 Å². The third-order valence-corrected chi connectivity index (χ3v) is 4.99. The molecule has 1 saturated heterocycles. The maximum Gasteiger partial charge on any atom is 0.0192 e. The van der Waals surface area contributed by atoms with E-state index in [1.165, 1.54) is 39.0 Å². The lowest BCUT2D eigenvalue weighted by Gasteiger charge is -2.43. The van der Waals surface area contributed by atoms with Gasteiger partial charge in [0.25, 0.3) is 0 Å². The standard InChI is InChI=1S/C16H35N3/c1-7-16(8-2,12-17-14(3)4)13-19-10-9-18(6)15(5)11-19/h14-15,17H,7-13H2,1-6H3. The number of piperazine rings is 1. The highest BCUT2D eigenvalue weighted by molar-refractivity contribution is 4.87. The Hall–Kier alpha value is -0.120. The van der Waals surface area contributed by atoms with Crippen LogP contribution in [0.15, 0.2) is 0 Å². The second-order valence-corrected chi connectivity index (χ2v) is 6.81. The largest absolute Gasteiger partial charge is 0.314 e. The molecule has 1 atom stereocenters. The van der Waals surface area contributed by atoms with Gasteiger partial charge >= 0.3 is 0 Å². The summed E-state index contributed by atoms with van der Waals surface area (Å²) in [6.07, 6.45) is 2.54. The molecule has 1 rings (SSSR count). The Morgan fingerprint density at radius 3 is 2.32 bits per heavy atom. The average Bonchev–Trinajstić information content (AvgIpc) is 2.39. The molecule has 0 amide bonds. The lowest BCUT2D eigenvalue weighted by Crippen LogP contribution is -2.54. The predicted octanol–water partition coefficient (Wildman–Crippen LogP) is 2.43. The Morgan fingerprint density at radius 1 is 1.21 bits per heavy atom. The van der Waals surface area contributed by atoms with Gasteiger partial charge in [0.05, 0.1) is 0 Å². The number of likely N-dealkylation sites (N-methyl/N-ethyl adjacent to an activating group) is 1. The molecule has 0 aromatic carbocycles. The van der Waals surface area contributed by atoms with Gasteiger partial charge in [-0.2, -0.15) is 0 Å². The van der Waals surface area contributed by atoms with Gasteiger partial charge < -0.3 is 10.2 Å². The van der Waals surface area contributed by atoms with E-state index < -0.39 is 0 Å². The third kappa shape index (κ3) is 5.05. The van der Waals surface area contributed by atoms with Crippen molar-refractivity contribution in [3.8, 4) is 0 Å². The Balaban J connectivity index is 2.57. The average molecular weight is 269 g/mol. The number of nitrogens with zero attached hydrogens (tertiary/aromatic N) is 2. The van der Waals surface area contributed by atoms with E-state index in [-0.39, 0.29) is 0 Å².